The van der Waals surface area contributed by atoms with Gasteiger partial charge in [-0.25, -0.2) is 0 Å². The minimum Gasteiger partial charge on any atom is -0.370 e. The number of guanidine groups is 1. The van der Waals surface area contributed by atoms with Crippen molar-refractivity contribution in [2.75, 3.05) is 34.2 Å². The number of hydrogen-bond acceptors (Lipinski definition) is 7. The third-order valence-electron chi connectivity index (χ3n) is 7.73. The first-order valence-corrected chi connectivity index (χ1v) is 15.9. The number of likely N-dealkylation sites (N-methyl/N-ethyl adjacent to an activating group) is 1. The van der Waals surface area contributed by atoms with Gasteiger partial charge in [0, 0.05) is 46.4 Å². The van der Waals surface area contributed by atoms with Crippen molar-refractivity contribution in [3.05, 3.63) is 48.0 Å². The first kappa shape index (κ1) is 37.9. The fourth-order valence-electron chi connectivity index (χ4n) is 4.99. The number of benzene rings is 2. The summed E-state index contributed by atoms with van der Waals surface area (Å²) in [6.07, 6.45) is 3.03. The van der Waals surface area contributed by atoms with Crippen molar-refractivity contribution >= 4 is 46.0 Å². The molecule has 0 saturated heterocycles. The summed E-state index contributed by atoms with van der Waals surface area (Å²) in [5.74, 6) is -0.977. The summed E-state index contributed by atoms with van der Waals surface area (Å²) < 4.78 is 0. The summed E-state index contributed by atoms with van der Waals surface area (Å²) >= 11 is 0. The monoisotopic (exact) mass is 637 g/mol. The van der Waals surface area contributed by atoms with Gasteiger partial charge in [-0.3, -0.25) is 24.2 Å². The van der Waals surface area contributed by atoms with Crippen LogP contribution >= 0.6 is 0 Å². The lowest BCUT2D eigenvalue weighted by atomic mass is 9.98. The molecule has 0 aliphatic heterocycles. The Hall–Kier alpha value is -4.32. The molecular formula is C34H51N7O5. The number of ketones is 2. The molecule has 12 heteroatoms. The van der Waals surface area contributed by atoms with E-state index in [0.717, 1.165) is 22.8 Å². The number of nitrogens with one attached hydrogen (secondary N) is 4. The number of carbonyl (C=O) groups excluding carboxylic acids is 5. The Morgan fingerprint density at radius 1 is 0.826 bits per heavy atom. The molecule has 3 unspecified atom stereocenters. The van der Waals surface area contributed by atoms with Crippen molar-refractivity contribution in [1.29, 1.82) is 0 Å². The number of carbonyl (C=O) groups is 5. The lowest BCUT2D eigenvalue weighted by Crippen LogP contribution is -2.54. The van der Waals surface area contributed by atoms with Gasteiger partial charge in [-0.05, 0) is 69.3 Å². The second-order valence-electron chi connectivity index (χ2n) is 11.7. The summed E-state index contributed by atoms with van der Waals surface area (Å²) in [7, 11) is 5.30. The third kappa shape index (κ3) is 13.4. The molecule has 2 rings (SSSR count). The number of amides is 3. The Morgan fingerprint density at radius 2 is 1.52 bits per heavy atom. The third-order valence-corrected chi connectivity index (χ3v) is 7.73. The molecule has 252 valence electrons. The van der Waals surface area contributed by atoms with Crippen LogP contribution in [-0.4, -0.2) is 92.5 Å². The van der Waals surface area contributed by atoms with Crippen LogP contribution in [0.2, 0.25) is 0 Å². The Balaban J connectivity index is 2.22. The first-order chi connectivity index (χ1) is 21.9. The van der Waals surface area contributed by atoms with Crippen molar-refractivity contribution in [2.45, 2.75) is 83.3 Å². The van der Waals surface area contributed by atoms with Gasteiger partial charge in [0.25, 0.3) is 0 Å². The fourth-order valence-corrected chi connectivity index (χ4v) is 4.99. The van der Waals surface area contributed by atoms with E-state index in [1.165, 1.54) is 6.92 Å². The van der Waals surface area contributed by atoms with Crippen molar-refractivity contribution < 1.29 is 24.0 Å². The van der Waals surface area contributed by atoms with Gasteiger partial charge in [0.15, 0.2) is 5.96 Å². The average Bonchev–Trinajstić information content (AvgIpc) is 3.02. The van der Waals surface area contributed by atoms with Crippen molar-refractivity contribution in [1.82, 2.24) is 26.2 Å². The van der Waals surface area contributed by atoms with E-state index in [2.05, 4.69) is 26.3 Å². The molecule has 2 aromatic carbocycles. The zero-order valence-corrected chi connectivity index (χ0v) is 27.9. The highest BCUT2D eigenvalue weighted by molar-refractivity contribution is 5.93. The summed E-state index contributed by atoms with van der Waals surface area (Å²) in [4.78, 5) is 69.0. The molecule has 0 bridgehead atoms. The van der Waals surface area contributed by atoms with Crippen LogP contribution in [0.3, 0.4) is 0 Å². The molecule has 0 heterocycles. The summed E-state index contributed by atoms with van der Waals surface area (Å²) in [5.41, 5.74) is 6.78. The van der Waals surface area contributed by atoms with Gasteiger partial charge < -0.3 is 36.7 Å². The Bertz CT molecular complexity index is 1360. The highest BCUT2D eigenvalue weighted by Crippen LogP contribution is 2.20. The number of nitrogens with two attached hydrogens (primary N) is 1. The molecule has 2 aromatic rings. The van der Waals surface area contributed by atoms with Gasteiger partial charge in [-0.2, -0.15) is 0 Å². The molecule has 46 heavy (non-hydrogen) atoms. The topological polar surface area (TPSA) is 175 Å². The normalized spacial score (nSPS) is 13.4. The van der Waals surface area contributed by atoms with E-state index in [9.17, 15) is 24.0 Å². The highest BCUT2D eigenvalue weighted by Gasteiger charge is 2.27. The predicted octanol–water partition coefficient (Wildman–Crippen LogP) is 1.84. The maximum absolute atomic E-state index is 13.7. The summed E-state index contributed by atoms with van der Waals surface area (Å²) in [6, 6.07) is 11.6. The van der Waals surface area contributed by atoms with E-state index < -0.39 is 23.9 Å². The van der Waals surface area contributed by atoms with Crippen molar-refractivity contribution in [3.63, 3.8) is 0 Å². The molecular weight excluding hydrogens is 586 g/mol. The maximum Gasteiger partial charge on any atom is 0.243 e. The van der Waals surface area contributed by atoms with Crippen LogP contribution in [0.25, 0.3) is 10.8 Å². The van der Waals surface area contributed by atoms with E-state index >= 15 is 0 Å². The number of nitrogens with zero attached hydrogens (tertiary/aromatic N) is 2. The number of aliphatic imine (C=N–C) groups is 1. The van der Waals surface area contributed by atoms with Gasteiger partial charge in [0.1, 0.15) is 23.7 Å². The zero-order chi connectivity index (χ0) is 34.1. The van der Waals surface area contributed by atoms with Crippen LogP contribution in [0.15, 0.2) is 47.5 Å². The highest BCUT2D eigenvalue weighted by atomic mass is 16.2. The zero-order valence-electron chi connectivity index (χ0n) is 27.9. The van der Waals surface area contributed by atoms with Gasteiger partial charge in [-0.15, -0.1) is 0 Å². The van der Waals surface area contributed by atoms with Crippen LogP contribution < -0.4 is 27.0 Å². The van der Waals surface area contributed by atoms with E-state index in [1.807, 2.05) is 42.5 Å². The molecule has 0 radical (unpaired) electrons. The number of unbranched alkanes of at least 4 members (excludes halogenated alkanes) is 1. The molecule has 12 nitrogen and oxygen atoms in total. The van der Waals surface area contributed by atoms with Crippen LogP contribution in [0.4, 0.5) is 0 Å². The number of fused-ring (bicyclic) bond motifs is 1. The van der Waals surface area contributed by atoms with E-state index in [1.54, 1.807) is 33.0 Å². The molecule has 0 aliphatic carbocycles. The van der Waals surface area contributed by atoms with Gasteiger partial charge in [0.05, 0.1) is 6.04 Å². The van der Waals surface area contributed by atoms with Crippen LogP contribution in [0.5, 0.6) is 0 Å². The summed E-state index contributed by atoms with van der Waals surface area (Å²) in [5, 5.41) is 13.6. The van der Waals surface area contributed by atoms with Crippen LogP contribution in [0, 0.1) is 0 Å². The average molecular weight is 638 g/mol. The molecule has 0 spiro atoms. The standard InChI is InChI=1S/C34H51N7O5/c1-23(42)18-19-31(44)39-29(17-11-21-38-34(35)41(4)5)33(46)40-30(22-26-14-10-13-25-12-6-7-15-27(25)26)32(45)37-20-9-8-16-28(36-3)24(2)43/h6-7,10,12-15,28-30,36H,8-9,11,16-22H2,1-5H3,(H2,35,38)(H,37,45)(H,39,44)(H,40,46). The fraction of sp³-hybridized carbons (Fsp3) is 0.529. The van der Waals surface area contributed by atoms with Gasteiger partial charge in [0.2, 0.25) is 17.7 Å². The predicted molar refractivity (Wildman–Crippen MR) is 181 cm³/mol. The van der Waals surface area contributed by atoms with Gasteiger partial charge in [-0.1, -0.05) is 42.5 Å². The van der Waals surface area contributed by atoms with Crippen LogP contribution in [0.1, 0.15) is 64.4 Å². The largest absolute Gasteiger partial charge is 0.370 e. The molecule has 0 aliphatic rings. The smallest absolute Gasteiger partial charge is 0.243 e. The van der Waals surface area contributed by atoms with Crippen molar-refractivity contribution in [3.8, 4) is 0 Å². The first-order valence-electron chi connectivity index (χ1n) is 15.9. The maximum atomic E-state index is 13.7. The quantitative estimate of drug-likeness (QED) is 0.0830. The van der Waals surface area contributed by atoms with E-state index in [0.29, 0.717) is 38.3 Å². The van der Waals surface area contributed by atoms with E-state index in [-0.39, 0.29) is 49.2 Å². The van der Waals surface area contributed by atoms with E-state index in [4.69, 9.17) is 5.73 Å². The molecule has 3 atom stereocenters. The number of Topliss-reactive ketones (excluding diaryl/α,β-unsaturated/α-hetero) is 2. The number of hydrogen-bond donors (Lipinski definition) is 5. The van der Waals surface area contributed by atoms with Gasteiger partial charge >= 0.3 is 0 Å². The SMILES string of the molecule is CNC(CCCCNC(=O)C(Cc1cccc2ccccc12)NC(=O)C(CCCN=C(N)N(C)C)NC(=O)CCC(C)=O)C(C)=O. The minimum absolute atomic E-state index is 0.0389. The molecule has 6 N–H and O–H groups in total. The lowest BCUT2D eigenvalue weighted by Gasteiger charge is -2.24. The number of rotatable bonds is 20. The molecule has 0 aromatic heterocycles. The van der Waals surface area contributed by atoms with Crippen molar-refractivity contribution in [2.24, 2.45) is 10.7 Å². The molecule has 3 amide bonds. The minimum atomic E-state index is -0.942. The van der Waals surface area contributed by atoms with Crippen LogP contribution in [-0.2, 0) is 30.4 Å². The Labute approximate surface area is 272 Å². The second-order valence-corrected chi connectivity index (χ2v) is 11.7. The summed E-state index contributed by atoms with van der Waals surface area (Å²) in [6.45, 7) is 3.68. The molecule has 0 fully saturated rings. The Kier molecular flexibility index (Phi) is 16.4. The second kappa shape index (κ2) is 19.9. The lowest BCUT2D eigenvalue weighted by molar-refractivity contribution is -0.132. The molecule has 0 saturated carbocycles. The Morgan fingerprint density at radius 3 is 2.20 bits per heavy atom.